The molecule has 1 saturated heterocycles. The maximum atomic E-state index is 14.2. The number of amides is 3. The largest absolute Gasteiger partial charge is 0.345 e. The first-order valence-corrected chi connectivity index (χ1v) is 13.2. The monoisotopic (exact) mass is 531 g/mol. The van der Waals surface area contributed by atoms with E-state index in [4.69, 9.17) is 0 Å². The van der Waals surface area contributed by atoms with E-state index >= 15 is 0 Å². The molecular weight excluding hydrogens is 492 g/mol. The second-order valence-electron chi connectivity index (χ2n) is 11.4. The summed E-state index contributed by atoms with van der Waals surface area (Å²) >= 11 is 0. The van der Waals surface area contributed by atoms with Crippen LogP contribution in [0.4, 0.5) is 8.78 Å². The van der Waals surface area contributed by atoms with E-state index in [-0.39, 0.29) is 41.7 Å². The molecule has 0 bridgehead atoms. The Morgan fingerprint density at radius 1 is 1.18 bits per heavy atom. The third kappa shape index (κ3) is 8.10. The molecule has 1 aromatic heterocycles. The van der Waals surface area contributed by atoms with Crippen molar-refractivity contribution in [2.24, 2.45) is 5.41 Å². The molecule has 38 heavy (non-hydrogen) atoms. The molecule has 2 aromatic rings. The summed E-state index contributed by atoms with van der Waals surface area (Å²) in [6.07, 6.45) is 5.01. The smallest absolute Gasteiger partial charge is 0.243 e. The molecular formula is C28H39F2N5O3. The van der Waals surface area contributed by atoms with E-state index in [1.54, 1.807) is 11.8 Å². The fourth-order valence-corrected chi connectivity index (χ4v) is 4.51. The Labute approximate surface area is 223 Å². The van der Waals surface area contributed by atoms with Crippen molar-refractivity contribution in [3.63, 3.8) is 0 Å². The van der Waals surface area contributed by atoms with Crippen LogP contribution in [-0.4, -0.2) is 51.2 Å². The van der Waals surface area contributed by atoms with Crippen molar-refractivity contribution in [2.45, 2.75) is 91.3 Å². The van der Waals surface area contributed by atoms with E-state index in [9.17, 15) is 23.2 Å². The standard InChI is InChI=1S/C28H39F2N5O3/c1-17-8-6-7-13-35(17)25(37)15-22(33-24(36)11-12-28(3,4)5)27(38)32-18(2)26-31-16-23(34-26)20-10-9-19(29)14-21(20)30/h9-10,14,16-18,22H,6-8,11-13,15H2,1-5H3,(H,31,34)(H,32,38)(H,33,36)/t17?,18-,22?/m0/s1. The second kappa shape index (κ2) is 12.5. The maximum absolute atomic E-state index is 14.2. The van der Waals surface area contributed by atoms with Crippen LogP contribution in [0.1, 0.15) is 85.0 Å². The van der Waals surface area contributed by atoms with E-state index in [1.807, 2.05) is 27.7 Å². The number of aromatic nitrogens is 2. The number of carbonyl (C=O) groups excluding carboxylic acids is 3. The van der Waals surface area contributed by atoms with Gasteiger partial charge in [0.15, 0.2) is 0 Å². The Balaban J connectivity index is 1.71. The van der Waals surface area contributed by atoms with E-state index in [1.165, 1.54) is 12.3 Å². The zero-order valence-electron chi connectivity index (χ0n) is 22.9. The van der Waals surface area contributed by atoms with Gasteiger partial charge in [0.2, 0.25) is 17.7 Å². The Morgan fingerprint density at radius 2 is 1.92 bits per heavy atom. The van der Waals surface area contributed by atoms with E-state index < -0.39 is 29.6 Å². The summed E-state index contributed by atoms with van der Waals surface area (Å²) < 4.78 is 27.5. The number of hydrogen-bond acceptors (Lipinski definition) is 4. The van der Waals surface area contributed by atoms with Crippen molar-refractivity contribution in [2.75, 3.05) is 6.54 Å². The quantitative estimate of drug-likeness (QED) is 0.438. The number of hydrogen-bond donors (Lipinski definition) is 3. The number of imidazole rings is 1. The van der Waals surface area contributed by atoms with Gasteiger partial charge in [0.1, 0.15) is 23.5 Å². The zero-order chi connectivity index (χ0) is 28.0. The molecule has 2 heterocycles. The van der Waals surface area contributed by atoms with Gasteiger partial charge in [-0.05, 0) is 57.1 Å². The number of H-pyrrole nitrogens is 1. The fraction of sp³-hybridized carbons (Fsp3) is 0.571. The molecule has 3 rings (SSSR count). The molecule has 3 atom stereocenters. The number of piperidine rings is 1. The molecule has 10 heteroatoms. The lowest BCUT2D eigenvalue weighted by atomic mass is 9.90. The topological polar surface area (TPSA) is 107 Å². The van der Waals surface area contributed by atoms with Gasteiger partial charge >= 0.3 is 0 Å². The van der Waals surface area contributed by atoms with Crippen LogP contribution in [0.25, 0.3) is 11.3 Å². The van der Waals surface area contributed by atoms with Crippen molar-refractivity contribution < 1.29 is 23.2 Å². The number of likely N-dealkylation sites (tertiary alicyclic amines) is 1. The van der Waals surface area contributed by atoms with E-state index in [2.05, 4.69) is 20.6 Å². The van der Waals surface area contributed by atoms with Crippen LogP contribution < -0.4 is 10.6 Å². The normalized spacial score (nSPS) is 17.6. The minimum absolute atomic E-state index is 0.0519. The number of halogens is 2. The number of nitrogens with zero attached hydrogens (tertiary/aromatic N) is 2. The van der Waals surface area contributed by atoms with Crippen molar-refractivity contribution >= 4 is 17.7 Å². The first-order valence-electron chi connectivity index (χ1n) is 13.2. The molecule has 1 aliphatic heterocycles. The van der Waals surface area contributed by atoms with Crippen LogP contribution in [0, 0.1) is 17.0 Å². The predicted molar refractivity (Wildman–Crippen MR) is 141 cm³/mol. The SMILES string of the molecule is CC1CCCCN1C(=O)CC(NC(=O)CCC(C)(C)C)C(=O)N[C@@H](C)c1ncc(-c2ccc(F)cc2F)[nH]1. The maximum Gasteiger partial charge on any atom is 0.243 e. The van der Waals surface area contributed by atoms with Crippen LogP contribution in [0.2, 0.25) is 0 Å². The van der Waals surface area contributed by atoms with Gasteiger partial charge in [0.25, 0.3) is 0 Å². The molecule has 1 fully saturated rings. The zero-order valence-corrected chi connectivity index (χ0v) is 22.9. The summed E-state index contributed by atoms with van der Waals surface area (Å²) in [4.78, 5) is 48.1. The first kappa shape index (κ1) is 29.3. The van der Waals surface area contributed by atoms with Crippen molar-refractivity contribution in [1.29, 1.82) is 0 Å². The predicted octanol–water partition coefficient (Wildman–Crippen LogP) is 4.63. The van der Waals surface area contributed by atoms with Gasteiger partial charge in [0, 0.05) is 30.6 Å². The van der Waals surface area contributed by atoms with Crippen LogP contribution >= 0.6 is 0 Å². The highest BCUT2D eigenvalue weighted by Gasteiger charge is 2.31. The lowest BCUT2D eigenvalue weighted by molar-refractivity contribution is -0.138. The number of rotatable bonds is 9. The molecule has 1 aliphatic rings. The lowest BCUT2D eigenvalue weighted by Crippen LogP contribution is -2.51. The van der Waals surface area contributed by atoms with Gasteiger partial charge in [-0.3, -0.25) is 14.4 Å². The summed E-state index contributed by atoms with van der Waals surface area (Å²) in [7, 11) is 0. The highest BCUT2D eigenvalue weighted by atomic mass is 19.1. The Kier molecular flexibility index (Phi) is 9.62. The third-order valence-electron chi connectivity index (χ3n) is 6.84. The summed E-state index contributed by atoms with van der Waals surface area (Å²) in [5.41, 5.74) is 0.428. The molecule has 1 aromatic carbocycles. The van der Waals surface area contributed by atoms with Gasteiger partial charge in [-0.1, -0.05) is 20.8 Å². The van der Waals surface area contributed by atoms with Crippen molar-refractivity contribution in [3.8, 4) is 11.3 Å². The molecule has 0 aliphatic carbocycles. The number of aromatic amines is 1. The Morgan fingerprint density at radius 3 is 2.58 bits per heavy atom. The van der Waals surface area contributed by atoms with E-state index in [0.29, 0.717) is 24.5 Å². The van der Waals surface area contributed by atoms with Gasteiger partial charge in [-0.2, -0.15) is 0 Å². The first-order chi connectivity index (χ1) is 17.8. The van der Waals surface area contributed by atoms with Crippen LogP contribution in [0.15, 0.2) is 24.4 Å². The minimum atomic E-state index is -1.05. The Hall–Kier alpha value is -3.30. The molecule has 8 nitrogen and oxygen atoms in total. The molecule has 0 saturated carbocycles. The molecule has 3 amide bonds. The van der Waals surface area contributed by atoms with Gasteiger partial charge in [-0.25, -0.2) is 13.8 Å². The average molecular weight is 532 g/mol. The summed E-state index contributed by atoms with van der Waals surface area (Å²) in [6.45, 7) is 10.4. The average Bonchev–Trinajstić information content (AvgIpc) is 3.32. The van der Waals surface area contributed by atoms with Gasteiger partial charge < -0.3 is 20.5 Å². The van der Waals surface area contributed by atoms with E-state index in [0.717, 1.165) is 31.4 Å². The van der Waals surface area contributed by atoms with Crippen LogP contribution in [0.5, 0.6) is 0 Å². The van der Waals surface area contributed by atoms with Crippen molar-refractivity contribution in [3.05, 3.63) is 41.9 Å². The number of benzene rings is 1. The molecule has 3 N–H and O–H groups in total. The van der Waals surface area contributed by atoms with Crippen LogP contribution in [-0.2, 0) is 14.4 Å². The molecule has 0 radical (unpaired) electrons. The summed E-state index contributed by atoms with van der Waals surface area (Å²) in [5, 5.41) is 5.57. The molecule has 0 spiro atoms. The minimum Gasteiger partial charge on any atom is -0.345 e. The fourth-order valence-electron chi connectivity index (χ4n) is 4.51. The molecule has 2 unspecified atom stereocenters. The third-order valence-corrected chi connectivity index (χ3v) is 6.84. The second-order valence-corrected chi connectivity index (χ2v) is 11.4. The highest BCUT2D eigenvalue weighted by Crippen LogP contribution is 2.24. The lowest BCUT2D eigenvalue weighted by Gasteiger charge is -2.34. The molecule has 208 valence electrons. The van der Waals surface area contributed by atoms with Crippen LogP contribution in [0.3, 0.4) is 0 Å². The number of carbonyl (C=O) groups is 3. The van der Waals surface area contributed by atoms with Crippen molar-refractivity contribution in [1.82, 2.24) is 25.5 Å². The summed E-state index contributed by atoms with van der Waals surface area (Å²) in [6, 6.07) is 1.66. The Bertz CT molecular complexity index is 1140. The summed E-state index contributed by atoms with van der Waals surface area (Å²) in [5.74, 6) is -2.04. The van der Waals surface area contributed by atoms with Gasteiger partial charge in [-0.15, -0.1) is 0 Å². The van der Waals surface area contributed by atoms with Gasteiger partial charge in [0.05, 0.1) is 24.4 Å². The highest BCUT2D eigenvalue weighted by molar-refractivity contribution is 5.92. The number of nitrogens with one attached hydrogen (secondary N) is 3.